The molecule has 0 spiro atoms. The van der Waals surface area contributed by atoms with E-state index in [1.165, 1.54) is 17.5 Å². The molecule has 28 heavy (non-hydrogen) atoms. The van der Waals surface area contributed by atoms with Crippen molar-refractivity contribution in [1.29, 1.82) is 0 Å². The van der Waals surface area contributed by atoms with Crippen LogP contribution in [0.4, 0.5) is 0 Å². The van der Waals surface area contributed by atoms with Crippen molar-refractivity contribution in [2.45, 2.75) is 32.5 Å². The summed E-state index contributed by atoms with van der Waals surface area (Å²) in [6.45, 7) is 3.84. The van der Waals surface area contributed by atoms with Crippen LogP contribution in [0.2, 0.25) is 0 Å². The molecule has 1 aliphatic rings. The Kier molecular flexibility index (Phi) is 5.33. The number of rotatable bonds is 5. The van der Waals surface area contributed by atoms with Crippen LogP contribution in [0, 0.1) is 11.7 Å². The fraction of sp³-hybridized carbons (Fsp3) is 0.364. The molecule has 1 aromatic heterocycles. The number of methoxy groups -OCH3 is 1. The zero-order chi connectivity index (χ0) is 19.7. The predicted molar refractivity (Wildman–Crippen MR) is 114 cm³/mol. The second kappa shape index (κ2) is 7.89. The molecule has 0 unspecified atom stereocenters. The standard InChI is InChI=1S/C22H26N4OS/c1-16-6-8-18(9-7-16)21-23-26(22(28)24(21)2)15-25-14-4-5-20(25)17-10-12-19(27-3)13-11-17/h6-13,20H,4-5,14-15H2,1-3H3/t20-/m1/s1. The van der Waals surface area contributed by atoms with Crippen molar-refractivity contribution >= 4 is 12.2 Å². The van der Waals surface area contributed by atoms with Crippen molar-refractivity contribution in [3.05, 3.63) is 64.4 Å². The van der Waals surface area contributed by atoms with Crippen LogP contribution in [0.5, 0.6) is 5.75 Å². The van der Waals surface area contributed by atoms with Crippen molar-refractivity contribution < 1.29 is 4.74 Å². The third-order valence-corrected chi connectivity index (χ3v) is 6.02. The van der Waals surface area contributed by atoms with Gasteiger partial charge < -0.3 is 9.30 Å². The summed E-state index contributed by atoms with van der Waals surface area (Å²) in [5, 5.41) is 4.84. The topological polar surface area (TPSA) is 35.2 Å². The van der Waals surface area contributed by atoms with Crippen LogP contribution in [0.25, 0.3) is 11.4 Å². The molecule has 1 aliphatic heterocycles. The predicted octanol–water partition coefficient (Wildman–Crippen LogP) is 4.73. The molecule has 0 N–H and O–H groups in total. The van der Waals surface area contributed by atoms with E-state index in [-0.39, 0.29) is 0 Å². The third-order valence-electron chi connectivity index (χ3n) is 5.53. The molecule has 2 heterocycles. The van der Waals surface area contributed by atoms with Crippen molar-refractivity contribution in [3.63, 3.8) is 0 Å². The molecular weight excluding hydrogens is 368 g/mol. The average Bonchev–Trinajstić information content (AvgIpc) is 3.29. The van der Waals surface area contributed by atoms with Crippen molar-refractivity contribution in [3.8, 4) is 17.1 Å². The van der Waals surface area contributed by atoms with Gasteiger partial charge in [-0.15, -0.1) is 0 Å². The molecule has 3 aromatic rings. The first-order valence-electron chi connectivity index (χ1n) is 9.65. The Morgan fingerprint density at radius 1 is 1.11 bits per heavy atom. The lowest BCUT2D eigenvalue weighted by atomic mass is 10.0. The summed E-state index contributed by atoms with van der Waals surface area (Å²) in [5.74, 6) is 1.80. The molecular formula is C22H26N4OS. The Labute approximate surface area is 171 Å². The van der Waals surface area contributed by atoms with Gasteiger partial charge in [0, 0.05) is 25.2 Å². The zero-order valence-corrected chi connectivity index (χ0v) is 17.4. The molecule has 4 rings (SSSR count). The molecule has 1 saturated heterocycles. The van der Waals surface area contributed by atoms with Crippen molar-refractivity contribution in [2.24, 2.45) is 7.05 Å². The fourth-order valence-corrected chi connectivity index (χ4v) is 4.09. The van der Waals surface area contributed by atoms with E-state index in [4.69, 9.17) is 22.1 Å². The Hall–Kier alpha value is -2.44. The van der Waals surface area contributed by atoms with Gasteiger partial charge in [0.2, 0.25) is 0 Å². The quantitative estimate of drug-likeness (QED) is 0.586. The van der Waals surface area contributed by atoms with E-state index < -0.39 is 0 Å². The van der Waals surface area contributed by atoms with Crippen molar-refractivity contribution in [1.82, 2.24) is 19.2 Å². The first-order chi connectivity index (χ1) is 13.6. The Balaban J connectivity index is 1.58. The summed E-state index contributed by atoms with van der Waals surface area (Å²) in [6.07, 6.45) is 2.33. The summed E-state index contributed by atoms with van der Waals surface area (Å²) in [7, 11) is 3.69. The molecule has 0 bridgehead atoms. The largest absolute Gasteiger partial charge is 0.497 e. The van der Waals surface area contributed by atoms with Crippen LogP contribution in [0.1, 0.15) is 30.0 Å². The minimum atomic E-state index is 0.387. The summed E-state index contributed by atoms with van der Waals surface area (Å²) >= 11 is 5.68. The van der Waals surface area contributed by atoms with E-state index in [0.717, 1.165) is 34.9 Å². The molecule has 6 heteroatoms. The second-order valence-electron chi connectivity index (χ2n) is 7.42. The third kappa shape index (κ3) is 3.62. The highest BCUT2D eigenvalue weighted by atomic mass is 32.1. The summed E-state index contributed by atoms with van der Waals surface area (Å²) in [5.41, 5.74) is 3.65. The maximum absolute atomic E-state index is 5.68. The summed E-state index contributed by atoms with van der Waals surface area (Å²) in [6, 6.07) is 17.2. The number of likely N-dealkylation sites (tertiary alicyclic amines) is 1. The fourth-order valence-electron chi connectivity index (χ4n) is 3.91. The number of hydrogen-bond donors (Lipinski definition) is 0. The highest BCUT2D eigenvalue weighted by Crippen LogP contribution is 2.33. The van der Waals surface area contributed by atoms with E-state index >= 15 is 0 Å². The molecule has 0 radical (unpaired) electrons. The number of nitrogens with zero attached hydrogens (tertiary/aromatic N) is 4. The van der Waals surface area contributed by atoms with Gasteiger partial charge in [0.15, 0.2) is 10.6 Å². The van der Waals surface area contributed by atoms with Crippen molar-refractivity contribution in [2.75, 3.05) is 13.7 Å². The summed E-state index contributed by atoms with van der Waals surface area (Å²) < 4.78 is 9.99. The monoisotopic (exact) mass is 394 g/mol. The van der Waals surface area contributed by atoms with Gasteiger partial charge in [-0.2, -0.15) is 5.10 Å². The SMILES string of the molecule is COc1ccc([C@H]2CCCN2Cn2nc(-c3ccc(C)cc3)n(C)c2=S)cc1. The number of hydrogen-bond acceptors (Lipinski definition) is 4. The molecule has 1 fully saturated rings. The molecule has 2 aromatic carbocycles. The van der Waals surface area contributed by atoms with Crippen LogP contribution in [-0.2, 0) is 13.7 Å². The lowest BCUT2D eigenvalue weighted by molar-refractivity contribution is 0.190. The van der Waals surface area contributed by atoms with Gasteiger partial charge in [-0.3, -0.25) is 4.90 Å². The van der Waals surface area contributed by atoms with Gasteiger partial charge in [-0.1, -0.05) is 42.0 Å². The van der Waals surface area contributed by atoms with E-state index in [9.17, 15) is 0 Å². The van der Waals surface area contributed by atoms with Gasteiger partial charge in [0.05, 0.1) is 13.8 Å². The minimum absolute atomic E-state index is 0.387. The van der Waals surface area contributed by atoms with E-state index in [1.807, 2.05) is 28.4 Å². The minimum Gasteiger partial charge on any atom is -0.497 e. The number of ether oxygens (including phenoxy) is 1. The molecule has 146 valence electrons. The van der Waals surface area contributed by atoms with Gasteiger partial charge >= 0.3 is 0 Å². The molecule has 5 nitrogen and oxygen atoms in total. The van der Waals surface area contributed by atoms with Crippen LogP contribution < -0.4 is 4.74 Å². The maximum Gasteiger partial charge on any atom is 0.199 e. The average molecular weight is 395 g/mol. The van der Waals surface area contributed by atoms with Gasteiger partial charge in [0.1, 0.15) is 5.75 Å². The van der Waals surface area contributed by atoms with Crippen LogP contribution >= 0.6 is 12.2 Å². The Bertz CT molecular complexity index is 1000. The number of aromatic nitrogens is 3. The van der Waals surface area contributed by atoms with Gasteiger partial charge in [-0.25, -0.2) is 4.68 Å². The molecule has 0 aliphatic carbocycles. The number of benzene rings is 2. The van der Waals surface area contributed by atoms with Crippen LogP contribution in [-0.4, -0.2) is 32.9 Å². The molecule has 0 saturated carbocycles. The van der Waals surface area contributed by atoms with Crippen LogP contribution in [0.3, 0.4) is 0 Å². The highest BCUT2D eigenvalue weighted by Gasteiger charge is 2.27. The molecule has 1 atom stereocenters. The smallest absolute Gasteiger partial charge is 0.199 e. The normalized spacial score (nSPS) is 17.2. The lowest BCUT2D eigenvalue weighted by Crippen LogP contribution is -2.27. The Morgan fingerprint density at radius 3 is 2.50 bits per heavy atom. The van der Waals surface area contributed by atoms with Gasteiger partial charge in [-0.05, 0) is 49.7 Å². The second-order valence-corrected chi connectivity index (χ2v) is 7.78. The maximum atomic E-state index is 5.68. The van der Waals surface area contributed by atoms with E-state index in [1.54, 1.807) is 7.11 Å². The summed E-state index contributed by atoms with van der Waals surface area (Å²) in [4.78, 5) is 2.46. The lowest BCUT2D eigenvalue weighted by Gasteiger charge is -2.24. The van der Waals surface area contributed by atoms with Gasteiger partial charge in [0.25, 0.3) is 0 Å². The first-order valence-corrected chi connectivity index (χ1v) is 10.1. The molecule has 0 amide bonds. The first kappa shape index (κ1) is 18.9. The Morgan fingerprint density at radius 2 is 1.82 bits per heavy atom. The highest BCUT2D eigenvalue weighted by molar-refractivity contribution is 7.71. The van der Waals surface area contributed by atoms with E-state index in [2.05, 4.69) is 48.2 Å². The zero-order valence-electron chi connectivity index (χ0n) is 16.6. The van der Waals surface area contributed by atoms with E-state index in [0.29, 0.717) is 12.7 Å². The number of aryl methyl sites for hydroxylation is 1. The van der Waals surface area contributed by atoms with Crippen LogP contribution in [0.15, 0.2) is 48.5 Å².